The van der Waals surface area contributed by atoms with E-state index in [0.29, 0.717) is 5.56 Å². The van der Waals surface area contributed by atoms with Crippen molar-refractivity contribution in [3.05, 3.63) is 22.7 Å². The Morgan fingerprint density at radius 3 is 2.36 bits per heavy atom. The normalized spacial score (nSPS) is 10.8. The van der Waals surface area contributed by atoms with E-state index < -0.39 is 15.0 Å². The third-order valence-corrected chi connectivity index (χ3v) is 2.69. The van der Waals surface area contributed by atoms with Crippen molar-refractivity contribution in [3.8, 4) is 0 Å². The van der Waals surface area contributed by atoms with Gasteiger partial charge in [0.25, 0.3) is 0 Å². The first-order valence-electron chi connectivity index (χ1n) is 3.34. The van der Waals surface area contributed by atoms with Gasteiger partial charge in [0, 0.05) is 0 Å². The molecule has 0 aromatic heterocycles. The average Bonchev–Trinajstić information content (AvgIpc) is 1.94. The van der Waals surface area contributed by atoms with Crippen LogP contribution < -0.4 is 57.1 Å². The Morgan fingerprint density at radius 2 is 1.93 bits per heavy atom. The summed E-state index contributed by atoms with van der Waals surface area (Å²) in [7, 11) is -4.54. The van der Waals surface area contributed by atoms with Crippen LogP contribution in [-0.4, -0.2) is 13.0 Å². The minimum Gasteiger partial charge on any atom is -0.744 e. The van der Waals surface area contributed by atoms with Gasteiger partial charge in [0.2, 0.25) is 0 Å². The van der Waals surface area contributed by atoms with Crippen LogP contribution in [0.1, 0.15) is 5.56 Å². The first kappa shape index (κ1) is 14.9. The number of hydrogen-bond donors (Lipinski definition) is 1. The van der Waals surface area contributed by atoms with Crippen LogP contribution in [0.25, 0.3) is 0 Å². The monoisotopic (exact) mass is 259 g/mol. The van der Waals surface area contributed by atoms with Crippen LogP contribution in [0.15, 0.2) is 17.0 Å². The second kappa shape index (κ2) is 5.27. The van der Waals surface area contributed by atoms with Crippen molar-refractivity contribution >= 4 is 27.4 Å². The molecule has 0 saturated heterocycles. The van der Waals surface area contributed by atoms with Gasteiger partial charge in [0.05, 0.1) is 15.6 Å². The smallest absolute Gasteiger partial charge is 0.744 e. The van der Waals surface area contributed by atoms with Crippen LogP contribution in [0.2, 0.25) is 5.02 Å². The molecule has 0 aliphatic heterocycles. The Balaban J connectivity index is 0.00000169. The maximum Gasteiger partial charge on any atom is 1.00 e. The molecule has 1 aromatic rings. The number of halogens is 1. The van der Waals surface area contributed by atoms with E-state index in [-0.39, 0.29) is 62.1 Å². The summed E-state index contributed by atoms with van der Waals surface area (Å²) in [6.07, 6.45) is 0. The Labute approximate surface area is 130 Å². The van der Waals surface area contributed by atoms with Gasteiger partial charge in [-0.05, 0) is 24.6 Å². The molecule has 2 N–H and O–H groups in total. The molecule has 7 heteroatoms. The van der Waals surface area contributed by atoms with Gasteiger partial charge in [-0.25, -0.2) is 8.42 Å². The molecule has 0 heterocycles. The molecular weight excluding hydrogens is 253 g/mol. The summed E-state index contributed by atoms with van der Waals surface area (Å²) in [5, 5.41) is 0.0782. The topological polar surface area (TPSA) is 83.2 Å². The van der Waals surface area contributed by atoms with Gasteiger partial charge in [-0.15, -0.1) is 0 Å². The number of rotatable bonds is 1. The summed E-state index contributed by atoms with van der Waals surface area (Å²) in [5.74, 6) is 0. The molecule has 0 fully saturated rings. The third kappa shape index (κ3) is 3.46. The molecule has 0 aliphatic carbocycles. The van der Waals surface area contributed by atoms with Crippen molar-refractivity contribution in [2.24, 2.45) is 0 Å². The zero-order valence-corrected chi connectivity index (χ0v) is 12.4. The van der Waals surface area contributed by atoms with Crippen LogP contribution in [0.5, 0.6) is 0 Å². The Morgan fingerprint density at radius 1 is 1.43 bits per heavy atom. The summed E-state index contributed by atoms with van der Waals surface area (Å²) in [6.45, 7) is 1.62. The molecule has 0 aliphatic rings. The van der Waals surface area contributed by atoms with Gasteiger partial charge < -0.3 is 10.3 Å². The predicted octanol–water partition coefficient (Wildman–Crippen LogP) is -1.86. The molecule has 1 rings (SSSR count). The SMILES string of the molecule is Cc1cc(Cl)c(N)c(S(=O)(=O)[O-])c1.[K+]. The number of nitrogens with two attached hydrogens (primary N) is 1. The summed E-state index contributed by atoms with van der Waals surface area (Å²) >= 11 is 5.60. The number of nitrogen functional groups attached to an aromatic ring is 1. The molecule has 0 spiro atoms. The number of hydrogen-bond acceptors (Lipinski definition) is 4. The molecule has 72 valence electrons. The molecular formula is C7H7ClKNO3S. The van der Waals surface area contributed by atoms with Gasteiger partial charge in [0.1, 0.15) is 10.1 Å². The first-order valence-corrected chi connectivity index (χ1v) is 5.12. The van der Waals surface area contributed by atoms with E-state index in [1.54, 1.807) is 6.92 Å². The Bertz CT molecular complexity index is 446. The minimum absolute atomic E-state index is 0. The molecule has 14 heavy (non-hydrogen) atoms. The Kier molecular flexibility index (Phi) is 5.59. The second-order valence-electron chi connectivity index (χ2n) is 2.61. The van der Waals surface area contributed by atoms with Crippen LogP contribution in [0, 0.1) is 6.92 Å². The van der Waals surface area contributed by atoms with E-state index in [9.17, 15) is 13.0 Å². The van der Waals surface area contributed by atoms with Crippen molar-refractivity contribution in [2.75, 3.05) is 5.73 Å². The van der Waals surface area contributed by atoms with E-state index in [2.05, 4.69) is 0 Å². The van der Waals surface area contributed by atoms with Crippen LogP contribution in [0.4, 0.5) is 5.69 Å². The van der Waals surface area contributed by atoms with E-state index in [4.69, 9.17) is 17.3 Å². The maximum absolute atomic E-state index is 10.7. The molecule has 0 atom stereocenters. The fourth-order valence-electron chi connectivity index (χ4n) is 0.928. The van der Waals surface area contributed by atoms with Crippen molar-refractivity contribution in [2.45, 2.75) is 11.8 Å². The van der Waals surface area contributed by atoms with Crippen molar-refractivity contribution < 1.29 is 64.4 Å². The van der Waals surface area contributed by atoms with Gasteiger partial charge in [0.15, 0.2) is 0 Å². The van der Waals surface area contributed by atoms with Gasteiger partial charge in [-0.3, -0.25) is 0 Å². The predicted molar refractivity (Wildman–Crippen MR) is 48.6 cm³/mol. The largest absolute Gasteiger partial charge is 1.00 e. The molecule has 0 amide bonds. The van der Waals surface area contributed by atoms with Crippen LogP contribution >= 0.6 is 11.6 Å². The third-order valence-electron chi connectivity index (χ3n) is 1.51. The first-order chi connectivity index (χ1) is 5.82. The van der Waals surface area contributed by atoms with E-state index >= 15 is 0 Å². The molecule has 4 nitrogen and oxygen atoms in total. The molecule has 0 radical (unpaired) electrons. The van der Waals surface area contributed by atoms with Gasteiger partial charge in [-0.2, -0.15) is 0 Å². The summed E-state index contributed by atoms with van der Waals surface area (Å²) in [5.41, 5.74) is 5.71. The van der Waals surface area contributed by atoms with E-state index in [1.165, 1.54) is 12.1 Å². The number of aryl methyl sites for hydroxylation is 1. The summed E-state index contributed by atoms with van der Waals surface area (Å²) in [6, 6.07) is 2.69. The van der Waals surface area contributed by atoms with E-state index in [1.807, 2.05) is 0 Å². The minimum atomic E-state index is -4.54. The maximum atomic E-state index is 10.7. The van der Waals surface area contributed by atoms with Crippen LogP contribution in [0.3, 0.4) is 0 Å². The van der Waals surface area contributed by atoms with Crippen molar-refractivity contribution in [1.82, 2.24) is 0 Å². The fraction of sp³-hybridized carbons (Fsp3) is 0.143. The van der Waals surface area contributed by atoms with Crippen molar-refractivity contribution in [1.29, 1.82) is 0 Å². The molecule has 0 bridgehead atoms. The zero-order chi connectivity index (χ0) is 10.2. The molecule has 0 saturated carbocycles. The number of anilines is 1. The molecule has 0 unspecified atom stereocenters. The summed E-state index contributed by atoms with van der Waals surface area (Å²) < 4.78 is 32.0. The van der Waals surface area contributed by atoms with E-state index in [0.717, 1.165) is 0 Å². The van der Waals surface area contributed by atoms with Crippen molar-refractivity contribution in [3.63, 3.8) is 0 Å². The Hall–Kier alpha value is 0.856. The average molecular weight is 260 g/mol. The zero-order valence-electron chi connectivity index (χ0n) is 7.74. The van der Waals surface area contributed by atoms with Crippen LogP contribution in [-0.2, 0) is 10.1 Å². The standard InChI is InChI=1S/C7H8ClNO3S.K/c1-4-2-5(8)7(9)6(3-4)13(10,11)12;/h2-3H,9H2,1H3,(H,10,11,12);/q;+1/p-1. The van der Waals surface area contributed by atoms with Gasteiger partial charge >= 0.3 is 51.4 Å². The second-order valence-corrected chi connectivity index (χ2v) is 4.37. The molecule has 1 aromatic carbocycles. The summed E-state index contributed by atoms with van der Waals surface area (Å²) in [4.78, 5) is -0.461. The number of benzene rings is 1. The quantitative estimate of drug-likeness (QED) is 0.364. The van der Waals surface area contributed by atoms with Gasteiger partial charge in [-0.1, -0.05) is 11.6 Å². The fourth-order valence-corrected chi connectivity index (χ4v) is 1.97.